The summed E-state index contributed by atoms with van der Waals surface area (Å²) in [5, 5.41) is 11.1. The Morgan fingerprint density at radius 3 is 2.27 bits per heavy atom. The molecule has 0 heterocycles. The van der Waals surface area contributed by atoms with Crippen molar-refractivity contribution in [3.8, 4) is 11.5 Å². The van der Waals surface area contributed by atoms with E-state index in [0.717, 1.165) is 0 Å². The molecule has 0 aliphatic rings. The number of nitro groups is 1. The largest absolute Gasteiger partial charge is 0.449 e. The number of ether oxygens (including phenoxy) is 1. The highest BCUT2D eigenvalue weighted by Gasteiger charge is 2.22. The molecule has 0 unspecified atom stereocenters. The molecule has 0 amide bonds. The fourth-order valence-corrected chi connectivity index (χ4v) is 3.18. The monoisotopic (exact) mass is 399 g/mol. The van der Waals surface area contributed by atoms with E-state index >= 15 is 0 Å². The van der Waals surface area contributed by atoms with E-state index in [1.54, 1.807) is 0 Å². The van der Waals surface area contributed by atoms with Gasteiger partial charge < -0.3 is 4.74 Å². The Morgan fingerprint density at radius 1 is 1.12 bits per heavy atom. The maximum Gasteiger partial charge on any atom is 0.313 e. The fourth-order valence-electron chi connectivity index (χ4n) is 1.86. The molecule has 0 saturated carbocycles. The Labute approximate surface area is 156 Å². The lowest BCUT2D eigenvalue weighted by Crippen LogP contribution is -2.18. The van der Waals surface area contributed by atoms with Crippen molar-refractivity contribution >= 4 is 27.4 Å². The first-order valence-electron chi connectivity index (χ1n) is 7.60. The van der Waals surface area contributed by atoms with Crippen LogP contribution in [0.1, 0.15) is 20.8 Å². The third-order valence-electron chi connectivity index (χ3n) is 3.12. The quantitative estimate of drug-likeness (QED) is 0.393. The molecule has 2 aromatic rings. The molecule has 0 atom stereocenters. The van der Waals surface area contributed by atoms with E-state index in [0.29, 0.717) is 0 Å². The number of hydrogen-bond donors (Lipinski definition) is 0. The van der Waals surface area contributed by atoms with Crippen LogP contribution in [0.5, 0.6) is 11.5 Å². The van der Waals surface area contributed by atoms with Gasteiger partial charge in [0.25, 0.3) is 10.1 Å². The summed E-state index contributed by atoms with van der Waals surface area (Å²) in [4.78, 5) is 10.4. The van der Waals surface area contributed by atoms with E-state index in [2.05, 4.69) is 0 Å². The highest BCUT2D eigenvalue weighted by Crippen LogP contribution is 2.37. The van der Waals surface area contributed by atoms with Crippen molar-refractivity contribution in [1.82, 2.24) is 0 Å². The maximum absolute atomic E-state index is 12.2. The summed E-state index contributed by atoms with van der Waals surface area (Å²) in [7, 11) is -3.90. The molecule has 0 radical (unpaired) electrons. The Kier molecular flexibility index (Phi) is 5.90. The summed E-state index contributed by atoms with van der Waals surface area (Å²) in [6, 6.07) is 9.52. The van der Waals surface area contributed by atoms with Crippen LogP contribution in [0.2, 0.25) is 5.02 Å². The van der Waals surface area contributed by atoms with Gasteiger partial charge in [0.05, 0.1) is 21.4 Å². The molecular weight excluding hydrogens is 382 g/mol. The molecule has 0 aliphatic heterocycles. The summed E-state index contributed by atoms with van der Waals surface area (Å²) in [5.41, 5.74) is -0.596. The fraction of sp³-hybridized carbons (Fsp3) is 0.294. The van der Waals surface area contributed by atoms with Crippen LogP contribution in [0.4, 0.5) is 5.69 Å². The third-order valence-corrected chi connectivity index (χ3v) is 4.70. The van der Waals surface area contributed by atoms with Gasteiger partial charge in [0.1, 0.15) is 5.75 Å². The van der Waals surface area contributed by atoms with Gasteiger partial charge in [-0.1, -0.05) is 38.4 Å². The average Bonchev–Trinajstić information content (AvgIpc) is 2.55. The zero-order valence-corrected chi connectivity index (χ0v) is 16.0. The topological polar surface area (TPSA) is 95.7 Å². The first kappa shape index (κ1) is 20.2. The first-order valence-corrected chi connectivity index (χ1v) is 9.38. The molecule has 2 aromatic carbocycles. The molecule has 0 spiro atoms. The third kappa shape index (κ3) is 5.17. The van der Waals surface area contributed by atoms with E-state index in [-0.39, 0.29) is 39.1 Å². The Hall–Kier alpha value is -2.16. The maximum atomic E-state index is 12.2. The second-order valence-electron chi connectivity index (χ2n) is 6.70. The van der Waals surface area contributed by atoms with E-state index in [4.69, 9.17) is 20.5 Å². The van der Waals surface area contributed by atoms with Gasteiger partial charge in [-0.3, -0.25) is 14.3 Å². The van der Waals surface area contributed by atoms with E-state index in [1.165, 1.54) is 42.5 Å². The Morgan fingerprint density at radius 2 is 1.73 bits per heavy atom. The predicted molar refractivity (Wildman–Crippen MR) is 97.2 cm³/mol. The molecule has 9 heteroatoms. The summed E-state index contributed by atoms with van der Waals surface area (Å²) in [5.74, 6) is 0.0923. The lowest BCUT2D eigenvalue weighted by molar-refractivity contribution is -0.385. The number of nitrogens with zero attached hydrogens (tertiary/aromatic N) is 1. The zero-order chi connectivity index (χ0) is 19.5. The van der Waals surface area contributed by atoms with E-state index < -0.39 is 15.0 Å². The molecule has 26 heavy (non-hydrogen) atoms. The lowest BCUT2D eigenvalue weighted by atomic mass is 9.99. The van der Waals surface area contributed by atoms with Crippen molar-refractivity contribution in [2.24, 2.45) is 5.41 Å². The number of hydrogen-bond acceptors (Lipinski definition) is 6. The Balaban J connectivity index is 2.22. The molecule has 2 rings (SSSR count). The van der Waals surface area contributed by atoms with Crippen LogP contribution in [0.15, 0.2) is 47.4 Å². The highest BCUT2D eigenvalue weighted by atomic mass is 35.5. The SMILES string of the molecule is CC(C)(C)COS(=O)(=O)c1ccc(Oc2c(Cl)cccc2[N+](=O)[O-])cc1. The normalized spacial score (nSPS) is 12.0. The predicted octanol–water partition coefficient (Wildman–Crippen LogP) is 4.79. The van der Waals surface area contributed by atoms with Crippen LogP contribution < -0.4 is 4.74 Å². The van der Waals surface area contributed by atoms with Gasteiger partial charge in [0.15, 0.2) is 0 Å². The van der Waals surface area contributed by atoms with Gasteiger partial charge in [-0.05, 0) is 35.7 Å². The van der Waals surface area contributed by atoms with Crippen LogP contribution >= 0.6 is 11.6 Å². The minimum Gasteiger partial charge on any atom is -0.449 e. The minimum absolute atomic E-state index is 0.0391. The first-order chi connectivity index (χ1) is 12.0. The van der Waals surface area contributed by atoms with E-state index in [1.807, 2.05) is 20.8 Å². The number of benzene rings is 2. The smallest absolute Gasteiger partial charge is 0.313 e. The average molecular weight is 400 g/mol. The van der Waals surface area contributed by atoms with Crippen molar-refractivity contribution in [3.63, 3.8) is 0 Å². The van der Waals surface area contributed by atoms with Gasteiger partial charge in [-0.25, -0.2) is 0 Å². The molecule has 0 aromatic heterocycles. The minimum atomic E-state index is -3.90. The number of halogens is 1. The number of nitro benzene ring substituents is 1. The van der Waals surface area contributed by atoms with Crippen molar-refractivity contribution in [2.75, 3.05) is 6.61 Å². The lowest BCUT2D eigenvalue weighted by Gasteiger charge is -2.17. The van der Waals surface area contributed by atoms with Crippen LogP contribution in [0, 0.1) is 15.5 Å². The summed E-state index contributed by atoms with van der Waals surface area (Å²) < 4.78 is 34.8. The van der Waals surface area contributed by atoms with Crippen LogP contribution in [0.3, 0.4) is 0 Å². The molecule has 0 fully saturated rings. The molecule has 7 nitrogen and oxygen atoms in total. The molecule has 0 saturated heterocycles. The van der Waals surface area contributed by atoms with Crippen molar-refractivity contribution in [1.29, 1.82) is 0 Å². The van der Waals surface area contributed by atoms with Crippen molar-refractivity contribution < 1.29 is 22.3 Å². The molecular formula is C17H18ClNO6S. The van der Waals surface area contributed by atoms with Crippen LogP contribution in [-0.4, -0.2) is 19.9 Å². The van der Waals surface area contributed by atoms with Crippen molar-refractivity contribution in [3.05, 3.63) is 57.6 Å². The van der Waals surface area contributed by atoms with Gasteiger partial charge in [-0.2, -0.15) is 8.42 Å². The van der Waals surface area contributed by atoms with Crippen LogP contribution in [-0.2, 0) is 14.3 Å². The molecule has 0 N–H and O–H groups in total. The number of para-hydroxylation sites is 1. The second-order valence-corrected chi connectivity index (χ2v) is 8.72. The Bertz CT molecular complexity index is 904. The number of rotatable bonds is 6. The highest BCUT2D eigenvalue weighted by molar-refractivity contribution is 7.86. The summed E-state index contributed by atoms with van der Waals surface area (Å²) in [6.07, 6.45) is 0. The van der Waals surface area contributed by atoms with Gasteiger partial charge in [0, 0.05) is 6.07 Å². The summed E-state index contributed by atoms with van der Waals surface area (Å²) >= 11 is 5.97. The van der Waals surface area contributed by atoms with Crippen LogP contribution in [0.25, 0.3) is 0 Å². The van der Waals surface area contributed by atoms with E-state index in [9.17, 15) is 18.5 Å². The summed E-state index contributed by atoms with van der Waals surface area (Å²) in [6.45, 7) is 5.61. The molecule has 0 bridgehead atoms. The zero-order valence-electron chi connectivity index (χ0n) is 14.4. The van der Waals surface area contributed by atoms with Gasteiger partial charge in [0.2, 0.25) is 5.75 Å². The van der Waals surface area contributed by atoms with Crippen molar-refractivity contribution in [2.45, 2.75) is 25.7 Å². The van der Waals surface area contributed by atoms with Gasteiger partial charge >= 0.3 is 5.69 Å². The van der Waals surface area contributed by atoms with Gasteiger partial charge in [-0.15, -0.1) is 0 Å². The molecule has 140 valence electrons. The second kappa shape index (κ2) is 7.61. The standard InChI is InChI=1S/C17H18ClNO6S/c1-17(2,3)11-24-26(22,23)13-9-7-12(8-10-13)25-16-14(18)5-4-6-15(16)19(20)21/h4-10H,11H2,1-3H3. The molecule has 0 aliphatic carbocycles.